The monoisotopic (exact) mass is 351 g/mol. The van der Waals surface area contributed by atoms with Gasteiger partial charge in [0.05, 0.1) is 6.07 Å². The number of rotatable bonds is 7. The topological polar surface area (TPSA) is 91.2 Å². The number of para-hydroxylation sites is 1. The number of nitriles is 1. The highest BCUT2D eigenvalue weighted by Crippen LogP contribution is 2.17. The zero-order valence-corrected chi connectivity index (χ0v) is 14.8. The quantitative estimate of drug-likeness (QED) is 0.802. The molecule has 0 aliphatic heterocycles. The van der Waals surface area contributed by atoms with E-state index in [0.29, 0.717) is 11.4 Å². The van der Waals surface area contributed by atoms with Crippen molar-refractivity contribution in [1.82, 2.24) is 5.32 Å². The number of hydrogen-bond donors (Lipinski definition) is 2. The lowest BCUT2D eigenvalue weighted by Gasteiger charge is -2.12. The van der Waals surface area contributed by atoms with Crippen LogP contribution in [0.25, 0.3) is 0 Å². The van der Waals surface area contributed by atoms with Gasteiger partial charge in [0.15, 0.2) is 6.61 Å². The maximum absolute atomic E-state index is 12.0. The largest absolute Gasteiger partial charge is 0.484 e. The summed E-state index contributed by atoms with van der Waals surface area (Å²) in [7, 11) is 0. The maximum Gasteiger partial charge on any atom is 0.258 e. The second kappa shape index (κ2) is 9.23. The van der Waals surface area contributed by atoms with Gasteiger partial charge in [-0.15, -0.1) is 0 Å². The number of nitrogens with one attached hydrogen (secondary N) is 2. The summed E-state index contributed by atoms with van der Waals surface area (Å²) < 4.78 is 5.50. The first-order chi connectivity index (χ1) is 12.5. The Labute approximate surface area is 152 Å². The summed E-state index contributed by atoms with van der Waals surface area (Å²) >= 11 is 0. The van der Waals surface area contributed by atoms with E-state index >= 15 is 0 Å². The first-order valence-corrected chi connectivity index (χ1v) is 8.21. The fourth-order valence-corrected chi connectivity index (χ4v) is 2.26. The number of anilines is 1. The molecule has 2 N–H and O–H groups in total. The van der Waals surface area contributed by atoms with Gasteiger partial charge < -0.3 is 15.4 Å². The third kappa shape index (κ3) is 5.64. The third-order valence-electron chi connectivity index (χ3n) is 3.86. The lowest BCUT2D eigenvalue weighted by molar-refractivity contribution is -0.123. The average Bonchev–Trinajstić information content (AvgIpc) is 2.62. The van der Waals surface area contributed by atoms with Gasteiger partial charge in [-0.05, 0) is 48.7 Å². The number of carbonyl (C=O) groups is 2. The highest BCUT2D eigenvalue weighted by Gasteiger charge is 2.08. The zero-order valence-electron chi connectivity index (χ0n) is 14.8. The van der Waals surface area contributed by atoms with Gasteiger partial charge in [-0.2, -0.15) is 5.26 Å². The summed E-state index contributed by atoms with van der Waals surface area (Å²) in [6, 6.07) is 14.6. The van der Waals surface area contributed by atoms with E-state index in [1.165, 1.54) is 0 Å². The SMILES string of the molecule is Cc1ccc(OCC(=O)NCc2ccccc2NC(=O)CC#N)cc1C. The van der Waals surface area contributed by atoms with Crippen LogP contribution in [0.3, 0.4) is 0 Å². The smallest absolute Gasteiger partial charge is 0.258 e. The van der Waals surface area contributed by atoms with Crippen LogP contribution in [0.4, 0.5) is 5.69 Å². The third-order valence-corrected chi connectivity index (χ3v) is 3.86. The predicted octanol–water partition coefficient (Wildman–Crippen LogP) is 2.85. The number of aryl methyl sites for hydroxylation is 2. The Morgan fingerprint density at radius 1 is 1.08 bits per heavy atom. The highest BCUT2D eigenvalue weighted by molar-refractivity contribution is 5.92. The van der Waals surface area contributed by atoms with Crippen molar-refractivity contribution >= 4 is 17.5 Å². The minimum absolute atomic E-state index is 0.0918. The van der Waals surface area contributed by atoms with Crippen molar-refractivity contribution in [1.29, 1.82) is 5.26 Å². The van der Waals surface area contributed by atoms with E-state index in [2.05, 4.69) is 10.6 Å². The molecule has 0 unspecified atom stereocenters. The predicted molar refractivity (Wildman–Crippen MR) is 98.6 cm³/mol. The molecule has 0 heterocycles. The molecule has 0 spiro atoms. The van der Waals surface area contributed by atoms with Crippen molar-refractivity contribution in [3.8, 4) is 11.8 Å². The van der Waals surface area contributed by atoms with Crippen LogP contribution in [-0.4, -0.2) is 18.4 Å². The van der Waals surface area contributed by atoms with Crippen LogP contribution < -0.4 is 15.4 Å². The van der Waals surface area contributed by atoms with Gasteiger partial charge >= 0.3 is 0 Å². The number of benzene rings is 2. The van der Waals surface area contributed by atoms with Crippen LogP contribution in [0, 0.1) is 25.2 Å². The van der Waals surface area contributed by atoms with Crippen molar-refractivity contribution in [2.75, 3.05) is 11.9 Å². The van der Waals surface area contributed by atoms with Gasteiger partial charge in [-0.1, -0.05) is 24.3 Å². The Kier molecular flexibility index (Phi) is 6.75. The molecule has 0 aromatic heterocycles. The molecule has 0 atom stereocenters. The molecule has 2 amide bonds. The molecule has 134 valence electrons. The van der Waals surface area contributed by atoms with Crippen LogP contribution in [-0.2, 0) is 16.1 Å². The molecule has 2 rings (SSSR count). The fourth-order valence-electron chi connectivity index (χ4n) is 2.26. The maximum atomic E-state index is 12.0. The molecule has 0 fully saturated rings. The molecule has 0 bridgehead atoms. The van der Waals surface area contributed by atoms with Crippen molar-refractivity contribution in [3.05, 3.63) is 59.2 Å². The lowest BCUT2D eigenvalue weighted by Crippen LogP contribution is -2.28. The first-order valence-electron chi connectivity index (χ1n) is 8.21. The van der Waals surface area contributed by atoms with E-state index in [9.17, 15) is 9.59 Å². The van der Waals surface area contributed by atoms with Crippen molar-refractivity contribution in [3.63, 3.8) is 0 Å². The summed E-state index contributed by atoms with van der Waals surface area (Å²) in [5, 5.41) is 14.0. The van der Waals surface area contributed by atoms with Gasteiger partial charge in [0.25, 0.3) is 5.91 Å². The second-order valence-electron chi connectivity index (χ2n) is 5.85. The minimum Gasteiger partial charge on any atom is -0.484 e. The van der Waals surface area contributed by atoms with Crippen molar-refractivity contribution in [2.45, 2.75) is 26.8 Å². The molecule has 2 aromatic rings. The van der Waals surface area contributed by atoms with Gasteiger partial charge in [0.1, 0.15) is 12.2 Å². The fraction of sp³-hybridized carbons (Fsp3) is 0.250. The molecule has 0 saturated carbocycles. The van der Waals surface area contributed by atoms with E-state index in [4.69, 9.17) is 10.00 Å². The van der Waals surface area contributed by atoms with Crippen LogP contribution >= 0.6 is 0 Å². The molecular weight excluding hydrogens is 330 g/mol. The molecule has 6 nitrogen and oxygen atoms in total. The van der Waals surface area contributed by atoms with Crippen LogP contribution in [0.5, 0.6) is 5.75 Å². The van der Waals surface area contributed by atoms with Gasteiger partial charge in [-0.25, -0.2) is 0 Å². The van der Waals surface area contributed by atoms with E-state index < -0.39 is 0 Å². The van der Waals surface area contributed by atoms with Crippen LogP contribution in [0.1, 0.15) is 23.1 Å². The molecule has 0 aliphatic carbocycles. The number of ether oxygens (including phenoxy) is 1. The van der Waals surface area contributed by atoms with E-state index in [0.717, 1.165) is 16.7 Å². The molecule has 0 saturated heterocycles. The standard InChI is InChI=1S/C20H21N3O3/c1-14-7-8-17(11-15(14)2)26-13-20(25)22-12-16-5-3-4-6-18(16)23-19(24)9-10-21/h3-8,11H,9,12-13H2,1-2H3,(H,22,25)(H,23,24). The summed E-state index contributed by atoms with van der Waals surface area (Å²) in [6.07, 6.45) is -0.218. The molecule has 0 aliphatic rings. The normalized spacial score (nSPS) is 9.88. The number of amides is 2. The summed E-state index contributed by atoms with van der Waals surface area (Å²) in [5.41, 5.74) is 3.59. The van der Waals surface area contributed by atoms with E-state index in [1.54, 1.807) is 24.3 Å². The Balaban J connectivity index is 1.88. The van der Waals surface area contributed by atoms with Gasteiger partial charge in [-0.3, -0.25) is 9.59 Å². The van der Waals surface area contributed by atoms with Crippen molar-refractivity contribution < 1.29 is 14.3 Å². The van der Waals surface area contributed by atoms with E-state index in [-0.39, 0.29) is 31.4 Å². The average molecular weight is 351 g/mol. The van der Waals surface area contributed by atoms with Crippen LogP contribution in [0.15, 0.2) is 42.5 Å². The Morgan fingerprint density at radius 3 is 2.58 bits per heavy atom. The lowest BCUT2D eigenvalue weighted by atomic mass is 10.1. The summed E-state index contributed by atoms with van der Waals surface area (Å²) in [5.74, 6) is -0.00171. The molecule has 0 radical (unpaired) electrons. The minimum atomic E-state index is -0.385. The molecule has 2 aromatic carbocycles. The van der Waals surface area contributed by atoms with E-state index in [1.807, 2.05) is 38.1 Å². The zero-order chi connectivity index (χ0) is 18.9. The van der Waals surface area contributed by atoms with Crippen LogP contribution in [0.2, 0.25) is 0 Å². The van der Waals surface area contributed by atoms with Gasteiger partial charge in [0, 0.05) is 12.2 Å². The number of nitrogens with zero attached hydrogens (tertiary/aromatic N) is 1. The Hall–Kier alpha value is -3.33. The Morgan fingerprint density at radius 2 is 1.85 bits per heavy atom. The molecule has 26 heavy (non-hydrogen) atoms. The Bertz CT molecular complexity index is 840. The first kappa shape index (κ1) is 19.0. The van der Waals surface area contributed by atoms with Gasteiger partial charge in [0.2, 0.25) is 5.91 Å². The second-order valence-corrected chi connectivity index (χ2v) is 5.85. The summed E-state index contributed by atoms with van der Waals surface area (Å²) in [6.45, 7) is 4.15. The summed E-state index contributed by atoms with van der Waals surface area (Å²) in [4.78, 5) is 23.6. The highest BCUT2D eigenvalue weighted by atomic mass is 16.5. The molecular formula is C20H21N3O3. The molecule has 6 heteroatoms. The number of hydrogen-bond acceptors (Lipinski definition) is 4. The van der Waals surface area contributed by atoms with Crippen molar-refractivity contribution in [2.24, 2.45) is 0 Å². The number of carbonyl (C=O) groups excluding carboxylic acids is 2.